The van der Waals surface area contributed by atoms with Crippen LogP contribution < -0.4 is 20.7 Å². The van der Waals surface area contributed by atoms with Crippen LogP contribution in [0.3, 0.4) is 0 Å². The molecule has 1 aliphatic rings. The summed E-state index contributed by atoms with van der Waals surface area (Å²) in [6.07, 6.45) is -0.621. The van der Waals surface area contributed by atoms with Crippen LogP contribution in [0.2, 0.25) is 0 Å². The number of aromatic nitrogens is 3. The van der Waals surface area contributed by atoms with Crippen LogP contribution in [0.25, 0.3) is 27.8 Å². The van der Waals surface area contributed by atoms with Crippen LogP contribution in [-0.2, 0) is 14.1 Å². The van der Waals surface area contributed by atoms with Crippen LogP contribution in [0.4, 0.5) is 0 Å². The Bertz CT molecular complexity index is 1840. The van der Waals surface area contributed by atoms with Gasteiger partial charge in [0.15, 0.2) is 6.10 Å². The van der Waals surface area contributed by atoms with Crippen LogP contribution in [-0.4, -0.2) is 20.8 Å². The molecule has 0 aliphatic carbocycles. The van der Waals surface area contributed by atoms with Crippen LogP contribution >= 0.6 is 0 Å². The van der Waals surface area contributed by atoms with Gasteiger partial charge in [-0.2, -0.15) is 0 Å². The van der Waals surface area contributed by atoms with Crippen LogP contribution in [0.5, 0.6) is 11.5 Å². The first kappa shape index (κ1) is 22.9. The number of benzene rings is 3. The third kappa shape index (κ3) is 3.20. The lowest BCUT2D eigenvalue weighted by Gasteiger charge is -2.31. The van der Waals surface area contributed by atoms with E-state index < -0.39 is 11.8 Å². The third-order valence-corrected chi connectivity index (χ3v) is 7.28. The summed E-state index contributed by atoms with van der Waals surface area (Å²) in [5.41, 5.74) is 5.91. The Morgan fingerprint density at radius 1 is 0.892 bits per heavy atom. The Kier molecular flexibility index (Phi) is 5.12. The summed E-state index contributed by atoms with van der Waals surface area (Å²) in [5.74, 6) is 1.35. The van der Waals surface area contributed by atoms with Gasteiger partial charge in [0.1, 0.15) is 11.5 Å². The smallest absolute Gasteiger partial charge is 0.331 e. The first-order valence-corrected chi connectivity index (χ1v) is 12.1. The Balaban J connectivity index is 1.90. The summed E-state index contributed by atoms with van der Waals surface area (Å²) in [6.45, 7) is 4.06. The number of rotatable bonds is 3. The lowest BCUT2D eigenvalue weighted by Crippen LogP contribution is -2.37. The van der Waals surface area contributed by atoms with Crippen molar-refractivity contribution in [3.63, 3.8) is 0 Å². The molecule has 0 saturated carbocycles. The van der Waals surface area contributed by atoms with Gasteiger partial charge in [0.25, 0.3) is 5.56 Å². The van der Waals surface area contributed by atoms with Gasteiger partial charge in [-0.25, -0.2) is 4.79 Å². The van der Waals surface area contributed by atoms with Gasteiger partial charge < -0.3 is 14.0 Å². The average molecular weight is 494 g/mol. The summed E-state index contributed by atoms with van der Waals surface area (Å²) in [5, 5.41) is 0.478. The molecule has 37 heavy (non-hydrogen) atoms. The first-order valence-electron chi connectivity index (χ1n) is 12.1. The molecule has 1 aliphatic heterocycles. The molecular formula is C30H27N3O4. The van der Waals surface area contributed by atoms with E-state index >= 15 is 0 Å². The molecule has 0 saturated heterocycles. The number of methoxy groups -OCH3 is 1. The van der Waals surface area contributed by atoms with Crippen molar-refractivity contribution >= 4 is 10.9 Å². The predicted octanol–water partition coefficient (Wildman–Crippen LogP) is 4.80. The van der Waals surface area contributed by atoms with Crippen molar-refractivity contribution in [2.24, 2.45) is 14.1 Å². The van der Waals surface area contributed by atoms with Gasteiger partial charge in [0.2, 0.25) is 0 Å². The molecule has 0 amide bonds. The quantitative estimate of drug-likeness (QED) is 0.362. The summed E-state index contributed by atoms with van der Waals surface area (Å²) in [4.78, 5) is 27.1. The van der Waals surface area contributed by atoms with Gasteiger partial charge in [-0.05, 0) is 43.2 Å². The molecule has 186 valence electrons. The maximum absolute atomic E-state index is 13.8. The van der Waals surface area contributed by atoms with Crippen molar-refractivity contribution in [2.45, 2.75) is 20.0 Å². The maximum atomic E-state index is 13.8. The predicted molar refractivity (Wildman–Crippen MR) is 144 cm³/mol. The lowest BCUT2D eigenvalue weighted by molar-refractivity contribution is 0.223. The molecule has 7 nitrogen and oxygen atoms in total. The van der Waals surface area contributed by atoms with Gasteiger partial charge >= 0.3 is 5.69 Å². The fourth-order valence-corrected chi connectivity index (χ4v) is 5.46. The highest BCUT2D eigenvalue weighted by atomic mass is 16.5. The minimum atomic E-state index is -0.621. The molecule has 6 rings (SSSR count). The molecule has 0 unspecified atom stereocenters. The largest absolute Gasteiger partial charge is 0.496 e. The van der Waals surface area contributed by atoms with E-state index in [9.17, 15) is 9.59 Å². The van der Waals surface area contributed by atoms with E-state index in [1.807, 2.05) is 74.5 Å². The third-order valence-electron chi connectivity index (χ3n) is 7.28. The molecule has 3 aromatic carbocycles. The van der Waals surface area contributed by atoms with E-state index in [0.717, 1.165) is 33.6 Å². The Hall–Kier alpha value is -4.52. The number of fused-ring (bicyclic) bond motifs is 5. The van der Waals surface area contributed by atoms with Crippen molar-refractivity contribution in [1.29, 1.82) is 0 Å². The summed E-state index contributed by atoms with van der Waals surface area (Å²) < 4.78 is 17.2. The van der Waals surface area contributed by atoms with Crippen LogP contribution in [0, 0.1) is 13.8 Å². The van der Waals surface area contributed by atoms with Gasteiger partial charge in [-0.15, -0.1) is 0 Å². The van der Waals surface area contributed by atoms with Crippen LogP contribution in [0.1, 0.15) is 28.5 Å². The molecule has 0 N–H and O–H groups in total. The standard InChI is InChI=1S/C30H27N3O4/c1-17-14-15-23-21(16-17)33-25(19-11-7-6-10-18(19)2)24-26(31(3)30(35)32(4)29(24)34)27(33)28(37-23)20-12-8-9-13-22(20)36-5/h6-16,28H,1-5H3/t28-/m1/s1. The Morgan fingerprint density at radius 3 is 2.38 bits per heavy atom. The zero-order chi connectivity index (χ0) is 26.0. The Labute approximate surface area is 213 Å². The second-order valence-corrected chi connectivity index (χ2v) is 9.52. The summed E-state index contributed by atoms with van der Waals surface area (Å²) >= 11 is 0. The van der Waals surface area contributed by atoms with Gasteiger partial charge in [-0.3, -0.25) is 13.9 Å². The maximum Gasteiger partial charge on any atom is 0.331 e. The average Bonchev–Trinajstić information content (AvgIpc) is 3.27. The minimum Gasteiger partial charge on any atom is -0.496 e. The number of para-hydroxylation sites is 1. The molecule has 2 aromatic heterocycles. The van der Waals surface area contributed by atoms with E-state index in [1.165, 1.54) is 11.6 Å². The molecule has 0 spiro atoms. The highest BCUT2D eigenvalue weighted by molar-refractivity contribution is 5.99. The van der Waals surface area contributed by atoms with Gasteiger partial charge in [-0.1, -0.05) is 48.5 Å². The minimum absolute atomic E-state index is 0.341. The SMILES string of the molecule is COc1ccccc1[C@H]1Oc2ccc(C)cc2-n2c(-c3ccccc3C)c3c(=O)n(C)c(=O)n(C)c3c21. The molecule has 1 atom stereocenters. The van der Waals surface area contributed by atoms with E-state index in [-0.39, 0.29) is 5.56 Å². The second kappa shape index (κ2) is 8.27. The number of hydrogen-bond acceptors (Lipinski definition) is 4. The summed E-state index contributed by atoms with van der Waals surface area (Å²) in [7, 11) is 4.85. The fourth-order valence-electron chi connectivity index (χ4n) is 5.46. The zero-order valence-electron chi connectivity index (χ0n) is 21.4. The highest BCUT2D eigenvalue weighted by Gasteiger charge is 2.37. The Morgan fingerprint density at radius 2 is 1.62 bits per heavy atom. The van der Waals surface area contributed by atoms with E-state index in [1.54, 1.807) is 18.7 Å². The van der Waals surface area contributed by atoms with Crippen LogP contribution in [0.15, 0.2) is 76.3 Å². The molecular weight excluding hydrogens is 466 g/mol. The molecule has 0 radical (unpaired) electrons. The molecule has 0 bridgehead atoms. The number of hydrogen-bond donors (Lipinski definition) is 0. The van der Waals surface area contributed by atoms with Crippen molar-refractivity contribution in [1.82, 2.24) is 13.7 Å². The molecule has 0 fully saturated rings. The molecule has 7 heteroatoms. The number of aryl methyl sites for hydroxylation is 3. The van der Waals surface area contributed by atoms with Crippen molar-refractivity contribution < 1.29 is 9.47 Å². The van der Waals surface area contributed by atoms with E-state index in [4.69, 9.17) is 9.47 Å². The molecule has 5 aromatic rings. The van der Waals surface area contributed by atoms with Crippen molar-refractivity contribution in [3.8, 4) is 28.4 Å². The second-order valence-electron chi connectivity index (χ2n) is 9.52. The van der Waals surface area contributed by atoms with Gasteiger partial charge in [0, 0.05) is 25.2 Å². The fraction of sp³-hybridized carbons (Fsp3) is 0.200. The number of nitrogens with zero attached hydrogens (tertiary/aromatic N) is 3. The highest BCUT2D eigenvalue weighted by Crippen LogP contribution is 2.48. The van der Waals surface area contributed by atoms with Crippen molar-refractivity contribution in [2.75, 3.05) is 7.11 Å². The van der Waals surface area contributed by atoms with E-state index in [0.29, 0.717) is 28.1 Å². The van der Waals surface area contributed by atoms with Gasteiger partial charge in [0.05, 0.1) is 35.1 Å². The summed E-state index contributed by atoms with van der Waals surface area (Å²) in [6, 6.07) is 21.7. The number of ether oxygens (including phenoxy) is 2. The lowest BCUT2D eigenvalue weighted by atomic mass is 10.0. The monoisotopic (exact) mass is 493 g/mol. The zero-order valence-corrected chi connectivity index (χ0v) is 21.4. The molecule has 3 heterocycles. The van der Waals surface area contributed by atoms with Crippen molar-refractivity contribution in [3.05, 3.63) is 110 Å². The van der Waals surface area contributed by atoms with E-state index in [2.05, 4.69) is 10.6 Å². The first-order chi connectivity index (χ1) is 17.8. The topological polar surface area (TPSA) is 67.4 Å². The normalized spacial score (nSPS) is 14.2.